The molecule has 0 aliphatic heterocycles. The summed E-state index contributed by atoms with van der Waals surface area (Å²) in [4.78, 5) is 4.97. The van der Waals surface area contributed by atoms with Crippen LogP contribution in [0.5, 0.6) is 0 Å². The van der Waals surface area contributed by atoms with Crippen LogP contribution in [-0.2, 0) is 5.41 Å². The average molecular weight is 863 g/mol. The van der Waals surface area contributed by atoms with Crippen LogP contribution in [0.1, 0.15) is 68.6 Å². The van der Waals surface area contributed by atoms with Gasteiger partial charge in [-0.1, -0.05) is 203 Å². The van der Waals surface area contributed by atoms with Crippen LogP contribution < -0.4 is 9.80 Å². The Morgan fingerprint density at radius 2 is 0.955 bits per heavy atom. The van der Waals surface area contributed by atoms with Gasteiger partial charge >= 0.3 is 0 Å². The van der Waals surface area contributed by atoms with E-state index in [1.54, 1.807) is 0 Å². The molecule has 0 heterocycles. The first kappa shape index (κ1) is 40.8. The zero-order valence-electron chi connectivity index (χ0n) is 38.4. The highest BCUT2D eigenvalue weighted by atomic mass is 15.2. The van der Waals surface area contributed by atoms with E-state index in [-0.39, 0.29) is 5.41 Å². The van der Waals surface area contributed by atoms with Crippen molar-refractivity contribution in [2.75, 3.05) is 9.80 Å². The van der Waals surface area contributed by atoms with E-state index < -0.39 is 0 Å². The molecule has 2 aliphatic rings. The highest BCUT2D eigenvalue weighted by Crippen LogP contribution is 2.54. The van der Waals surface area contributed by atoms with Crippen LogP contribution in [0.2, 0.25) is 0 Å². The summed E-state index contributed by atoms with van der Waals surface area (Å²) in [5.41, 5.74) is 18.5. The maximum Gasteiger partial charge on any atom is 0.0546 e. The maximum atomic E-state index is 2.51. The molecular formula is C65H54N2. The minimum absolute atomic E-state index is 0.101. The molecule has 0 N–H and O–H groups in total. The van der Waals surface area contributed by atoms with Crippen molar-refractivity contribution in [1.82, 2.24) is 0 Å². The van der Waals surface area contributed by atoms with E-state index >= 15 is 0 Å². The molecule has 2 aliphatic carbocycles. The van der Waals surface area contributed by atoms with Crippen molar-refractivity contribution in [1.29, 1.82) is 0 Å². The van der Waals surface area contributed by atoms with Crippen LogP contribution in [0.4, 0.5) is 34.1 Å². The molecular weight excluding hydrogens is 809 g/mol. The highest BCUT2D eigenvalue weighted by Gasteiger charge is 2.37. The third-order valence-corrected chi connectivity index (χ3v) is 14.8. The Bertz CT molecular complexity index is 3410. The van der Waals surface area contributed by atoms with Gasteiger partial charge in [0.15, 0.2) is 0 Å². The normalized spacial score (nSPS) is 14.2. The predicted octanol–water partition coefficient (Wildman–Crippen LogP) is 18.6. The molecule has 10 aromatic rings. The molecule has 0 amide bonds. The van der Waals surface area contributed by atoms with Crippen LogP contribution >= 0.6 is 0 Å². The van der Waals surface area contributed by atoms with E-state index in [1.807, 2.05) is 0 Å². The van der Waals surface area contributed by atoms with E-state index in [2.05, 4.69) is 248 Å². The topological polar surface area (TPSA) is 6.48 Å². The van der Waals surface area contributed by atoms with Crippen molar-refractivity contribution in [3.8, 4) is 33.4 Å². The fraction of sp³-hybridized carbons (Fsp3) is 0.138. The molecule has 0 atom stereocenters. The molecule has 0 saturated heterocycles. The van der Waals surface area contributed by atoms with Gasteiger partial charge in [-0.2, -0.15) is 0 Å². The molecule has 1 fully saturated rings. The van der Waals surface area contributed by atoms with Crippen LogP contribution in [0, 0.1) is 0 Å². The summed E-state index contributed by atoms with van der Waals surface area (Å²) < 4.78 is 0. The standard InChI is InChI=1S/C65H54N2/c1-65(2)58-30-14-13-29-57(58)64-59(65)31-17-33-61(64)66(52-39-34-46(35-40-52)45-18-5-3-6-19-45)54-26-15-25-51(44-54)47-36-41-53(42-37-47)67(60-32-16-24-48-20-9-11-27-55(48)60)62-43-38-49-21-10-12-28-56(49)63(62)50-22-7-4-8-23-50/h4,7-17,20-45H,3,5-6,18-19H2,1-2H3. The number of fused-ring (bicyclic) bond motifs is 5. The van der Waals surface area contributed by atoms with Gasteiger partial charge in [0, 0.05) is 39.0 Å². The van der Waals surface area contributed by atoms with Gasteiger partial charge in [0.1, 0.15) is 0 Å². The number of hydrogen-bond acceptors (Lipinski definition) is 2. The van der Waals surface area contributed by atoms with Gasteiger partial charge in [0.05, 0.1) is 17.1 Å². The van der Waals surface area contributed by atoms with Crippen LogP contribution in [-0.4, -0.2) is 0 Å². The monoisotopic (exact) mass is 862 g/mol. The lowest BCUT2D eigenvalue weighted by Gasteiger charge is -2.30. The molecule has 1 saturated carbocycles. The van der Waals surface area contributed by atoms with Gasteiger partial charge in [-0.05, 0) is 128 Å². The molecule has 324 valence electrons. The molecule has 0 radical (unpaired) electrons. The largest absolute Gasteiger partial charge is 0.310 e. The SMILES string of the molecule is CC1(C)c2ccccc2-c2c(N(c3ccc(C4CCCCC4)cc3)c3cccc(-c4ccc(N(c5ccc6ccccc6c5-c5ccccc5)c5cccc6ccccc56)cc4)c3)cccc21. The van der Waals surface area contributed by atoms with Crippen molar-refractivity contribution in [3.63, 3.8) is 0 Å². The van der Waals surface area contributed by atoms with E-state index in [0.717, 1.165) is 22.7 Å². The van der Waals surface area contributed by atoms with Gasteiger partial charge in [0.25, 0.3) is 0 Å². The molecule has 2 heteroatoms. The Morgan fingerprint density at radius 3 is 1.76 bits per heavy atom. The fourth-order valence-electron chi connectivity index (χ4n) is 11.5. The second-order valence-electron chi connectivity index (χ2n) is 19.1. The minimum Gasteiger partial charge on any atom is -0.310 e. The lowest BCUT2D eigenvalue weighted by atomic mass is 9.82. The van der Waals surface area contributed by atoms with Crippen LogP contribution in [0.15, 0.2) is 224 Å². The highest BCUT2D eigenvalue weighted by molar-refractivity contribution is 6.08. The summed E-state index contributed by atoms with van der Waals surface area (Å²) in [5.74, 6) is 0.652. The first-order chi connectivity index (χ1) is 33.0. The fourth-order valence-corrected chi connectivity index (χ4v) is 11.5. The Hall–Kier alpha value is -7.68. The molecule has 0 bridgehead atoms. The summed E-state index contributed by atoms with van der Waals surface area (Å²) in [6.07, 6.45) is 6.60. The maximum absolute atomic E-state index is 2.51. The second-order valence-corrected chi connectivity index (χ2v) is 19.1. The molecule has 0 unspecified atom stereocenters. The summed E-state index contributed by atoms with van der Waals surface area (Å²) in [5, 5.41) is 4.87. The molecule has 12 rings (SSSR count). The van der Waals surface area contributed by atoms with E-state index in [4.69, 9.17) is 0 Å². The van der Waals surface area contributed by atoms with Gasteiger partial charge in [-0.15, -0.1) is 0 Å². The summed E-state index contributed by atoms with van der Waals surface area (Å²) in [6, 6.07) is 83.5. The summed E-state index contributed by atoms with van der Waals surface area (Å²) >= 11 is 0. The van der Waals surface area contributed by atoms with Crippen molar-refractivity contribution in [2.24, 2.45) is 0 Å². The van der Waals surface area contributed by atoms with Gasteiger partial charge in [0.2, 0.25) is 0 Å². The molecule has 67 heavy (non-hydrogen) atoms. The van der Waals surface area contributed by atoms with Gasteiger partial charge in [-0.3, -0.25) is 0 Å². The van der Waals surface area contributed by atoms with E-state index in [0.29, 0.717) is 5.92 Å². The zero-order chi connectivity index (χ0) is 44.9. The number of nitrogens with zero attached hydrogens (tertiary/aromatic N) is 2. The van der Waals surface area contributed by atoms with Crippen molar-refractivity contribution in [3.05, 3.63) is 241 Å². The van der Waals surface area contributed by atoms with Gasteiger partial charge < -0.3 is 9.80 Å². The Morgan fingerprint density at radius 1 is 0.373 bits per heavy atom. The molecule has 0 spiro atoms. The zero-order valence-corrected chi connectivity index (χ0v) is 38.4. The first-order valence-electron chi connectivity index (χ1n) is 24.2. The number of benzene rings is 10. The number of rotatable bonds is 9. The van der Waals surface area contributed by atoms with Crippen molar-refractivity contribution >= 4 is 55.7 Å². The Labute approximate surface area is 395 Å². The average Bonchev–Trinajstić information content (AvgIpc) is 3.63. The lowest BCUT2D eigenvalue weighted by Crippen LogP contribution is -2.16. The van der Waals surface area contributed by atoms with Gasteiger partial charge in [-0.25, -0.2) is 0 Å². The number of hydrogen-bond donors (Lipinski definition) is 0. The Balaban J connectivity index is 0.990. The third kappa shape index (κ3) is 7.20. The minimum atomic E-state index is -0.101. The summed E-state index contributed by atoms with van der Waals surface area (Å²) in [6.45, 7) is 4.75. The Kier molecular flexibility index (Phi) is 10.3. The molecule has 0 aromatic heterocycles. The number of anilines is 6. The summed E-state index contributed by atoms with van der Waals surface area (Å²) in [7, 11) is 0. The van der Waals surface area contributed by atoms with E-state index in [9.17, 15) is 0 Å². The first-order valence-corrected chi connectivity index (χ1v) is 24.2. The quantitative estimate of drug-likeness (QED) is 0.143. The lowest BCUT2D eigenvalue weighted by molar-refractivity contribution is 0.443. The third-order valence-electron chi connectivity index (χ3n) is 14.8. The predicted molar refractivity (Wildman–Crippen MR) is 285 cm³/mol. The van der Waals surface area contributed by atoms with Crippen LogP contribution in [0.3, 0.4) is 0 Å². The second kappa shape index (κ2) is 17.0. The van der Waals surface area contributed by atoms with Crippen LogP contribution in [0.25, 0.3) is 54.9 Å². The van der Waals surface area contributed by atoms with E-state index in [1.165, 1.54) is 115 Å². The van der Waals surface area contributed by atoms with Crippen molar-refractivity contribution < 1.29 is 0 Å². The molecule has 2 nitrogen and oxygen atoms in total. The smallest absolute Gasteiger partial charge is 0.0546 e. The molecule has 10 aromatic carbocycles. The van der Waals surface area contributed by atoms with Crippen molar-refractivity contribution in [2.45, 2.75) is 57.3 Å².